The van der Waals surface area contributed by atoms with E-state index in [0.717, 1.165) is 66.6 Å². The Balaban J connectivity index is 1.38. The second kappa shape index (κ2) is 9.25. The lowest BCUT2D eigenvalue weighted by Gasteiger charge is -2.36. The average Bonchev–Trinajstić information content (AvgIpc) is 2.70. The van der Waals surface area contributed by atoms with Crippen LogP contribution in [-0.2, 0) is 0 Å². The zero-order valence-electron chi connectivity index (χ0n) is 16.2. The molecule has 1 fully saturated rings. The SMILES string of the molecule is Cc1cc(OCCCN2CCN(C(=N)c3ccccc3)CC2)cc(C)c1Cl. The fourth-order valence-corrected chi connectivity index (χ4v) is 3.55. The van der Waals surface area contributed by atoms with E-state index in [1.165, 1.54) is 0 Å². The summed E-state index contributed by atoms with van der Waals surface area (Å²) < 4.78 is 5.90. The van der Waals surface area contributed by atoms with Crippen molar-refractivity contribution < 1.29 is 4.74 Å². The molecule has 0 amide bonds. The van der Waals surface area contributed by atoms with Gasteiger partial charge in [-0.25, -0.2) is 0 Å². The van der Waals surface area contributed by atoms with Gasteiger partial charge in [0.2, 0.25) is 0 Å². The zero-order valence-corrected chi connectivity index (χ0v) is 16.9. The molecule has 1 heterocycles. The summed E-state index contributed by atoms with van der Waals surface area (Å²) in [5, 5.41) is 9.20. The molecule has 0 aromatic heterocycles. The predicted molar refractivity (Wildman–Crippen MR) is 112 cm³/mol. The summed E-state index contributed by atoms with van der Waals surface area (Å²) in [6.07, 6.45) is 0.997. The molecule has 3 rings (SSSR count). The third-order valence-corrected chi connectivity index (χ3v) is 5.63. The summed E-state index contributed by atoms with van der Waals surface area (Å²) >= 11 is 6.20. The van der Waals surface area contributed by atoms with Gasteiger partial charge in [-0.05, 0) is 43.5 Å². The third kappa shape index (κ3) is 5.24. The summed E-state index contributed by atoms with van der Waals surface area (Å²) in [5.74, 6) is 1.53. The highest BCUT2D eigenvalue weighted by atomic mass is 35.5. The maximum absolute atomic E-state index is 8.38. The molecule has 2 aromatic rings. The zero-order chi connectivity index (χ0) is 19.2. The average molecular weight is 386 g/mol. The molecule has 0 saturated carbocycles. The monoisotopic (exact) mass is 385 g/mol. The van der Waals surface area contributed by atoms with E-state index in [1.807, 2.05) is 56.3 Å². The number of ether oxygens (including phenoxy) is 1. The first-order chi connectivity index (χ1) is 13.0. The first-order valence-electron chi connectivity index (χ1n) is 9.55. The van der Waals surface area contributed by atoms with Crippen molar-refractivity contribution in [3.05, 3.63) is 64.2 Å². The van der Waals surface area contributed by atoms with Gasteiger partial charge >= 0.3 is 0 Å². The van der Waals surface area contributed by atoms with E-state index in [2.05, 4.69) is 9.80 Å². The largest absolute Gasteiger partial charge is 0.494 e. The van der Waals surface area contributed by atoms with Crippen LogP contribution in [0, 0.1) is 19.3 Å². The number of rotatable bonds is 6. The van der Waals surface area contributed by atoms with Crippen LogP contribution in [0.3, 0.4) is 0 Å². The first kappa shape index (κ1) is 19.7. The molecule has 144 valence electrons. The topological polar surface area (TPSA) is 39.6 Å². The smallest absolute Gasteiger partial charge is 0.128 e. The number of piperazine rings is 1. The van der Waals surface area contributed by atoms with E-state index >= 15 is 0 Å². The number of nitrogens with one attached hydrogen (secondary N) is 1. The van der Waals surface area contributed by atoms with Crippen LogP contribution in [0.1, 0.15) is 23.1 Å². The predicted octanol–water partition coefficient (Wildman–Crippen LogP) is 4.37. The van der Waals surface area contributed by atoms with Gasteiger partial charge in [0.05, 0.1) is 6.61 Å². The first-order valence-corrected chi connectivity index (χ1v) is 9.93. The lowest BCUT2D eigenvalue weighted by molar-refractivity contribution is 0.169. The molecule has 0 unspecified atom stereocenters. The molecule has 0 bridgehead atoms. The molecule has 0 aliphatic carbocycles. The van der Waals surface area contributed by atoms with E-state index in [4.69, 9.17) is 21.7 Å². The van der Waals surface area contributed by atoms with E-state index in [9.17, 15) is 0 Å². The fourth-order valence-electron chi connectivity index (χ4n) is 3.44. The Hall–Kier alpha value is -2.04. The van der Waals surface area contributed by atoms with Crippen LogP contribution in [0.2, 0.25) is 5.02 Å². The molecule has 4 nitrogen and oxygen atoms in total. The Morgan fingerprint density at radius 1 is 1.04 bits per heavy atom. The van der Waals surface area contributed by atoms with Crippen LogP contribution in [0.4, 0.5) is 0 Å². The van der Waals surface area contributed by atoms with Crippen LogP contribution in [0.15, 0.2) is 42.5 Å². The molecule has 27 heavy (non-hydrogen) atoms. The summed E-state index contributed by atoms with van der Waals surface area (Å²) in [4.78, 5) is 4.62. The molecule has 2 aromatic carbocycles. The van der Waals surface area contributed by atoms with Crippen molar-refractivity contribution in [1.29, 1.82) is 5.41 Å². The number of halogens is 1. The molecule has 1 aliphatic heterocycles. The summed E-state index contributed by atoms with van der Waals surface area (Å²) in [5.41, 5.74) is 3.11. The Morgan fingerprint density at radius 2 is 1.67 bits per heavy atom. The number of hydrogen-bond donors (Lipinski definition) is 1. The highest BCUT2D eigenvalue weighted by molar-refractivity contribution is 6.32. The number of hydrogen-bond acceptors (Lipinski definition) is 3. The van der Waals surface area contributed by atoms with Crippen LogP contribution in [0.25, 0.3) is 0 Å². The van der Waals surface area contributed by atoms with Gasteiger partial charge < -0.3 is 9.64 Å². The van der Waals surface area contributed by atoms with Crippen molar-refractivity contribution in [2.24, 2.45) is 0 Å². The Kier molecular flexibility index (Phi) is 6.75. The Bertz CT molecular complexity index is 747. The molecule has 1 aliphatic rings. The normalized spacial score (nSPS) is 15.0. The van der Waals surface area contributed by atoms with Crippen molar-refractivity contribution in [3.8, 4) is 5.75 Å². The van der Waals surface area contributed by atoms with E-state index < -0.39 is 0 Å². The third-order valence-electron chi connectivity index (χ3n) is 5.03. The van der Waals surface area contributed by atoms with Crippen LogP contribution < -0.4 is 4.74 Å². The number of benzene rings is 2. The Morgan fingerprint density at radius 3 is 2.30 bits per heavy atom. The lowest BCUT2D eigenvalue weighted by Crippen LogP contribution is -2.49. The van der Waals surface area contributed by atoms with Gasteiger partial charge in [0, 0.05) is 43.3 Å². The second-order valence-corrected chi connectivity index (χ2v) is 7.49. The van der Waals surface area contributed by atoms with Crippen molar-refractivity contribution >= 4 is 17.4 Å². The minimum Gasteiger partial charge on any atom is -0.494 e. The van der Waals surface area contributed by atoms with Gasteiger partial charge in [-0.2, -0.15) is 0 Å². The van der Waals surface area contributed by atoms with Gasteiger partial charge in [-0.3, -0.25) is 10.3 Å². The second-order valence-electron chi connectivity index (χ2n) is 7.12. The maximum Gasteiger partial charge on any atom is 0.128 e. The molecular weight excluding hydrogens is 358 g/mol. The minimum absolute atomic E-state index is 0.632. The molecule has 5 heteroatoms. The molecular formula is C22H28ClN3O. The highest BCUT2D eigenvalue weighted by Crippen LogP contribution is 2.25. The fraction of sp³-hybridized carbons (Fsp3) is 0.409. The summed E-state index contributed by atoms with van der Waals surface area (Å²) in [6.45, 7) is 9.55. The van der Waals surface area contributed by atoms with Crippen molar-refractivity contribution in [3.63, 3.8) is 0 Å². The van der Waals surface area contributed by atoms with E-state index in [1.54, 1.807) is 0 Å². The molecule has 0 atom stereocenters. The van der Waals surface area contributed by atoms with E-state index in [0.29, 0.717) is 12.4 Å². The van der Waals surface area contributed by atoms with Crippen molar-refractivity contribution in [2.75, 3.05) is 39.3 Å². The van der Waals surface area contributed by atoms with E-state index in [-0.39, 0.29) is 0 Å². The van der Waals surface area contributed by atoms with Gasteiger partial charge in [0.1, 0.15) is 11.6 Å². The van der Waals surface area contributed by atoms with Crippen LogP contribution in [-0.4, -0.2) is 55.0 Å². The standard InChI is InChI=1S/C22H28ClN3O/c1-17-15-20(16-18(2)21(17)23)27-14-6-9-25-10-12-26(13-11-25)22(24)19-7-4-3-5-8-19/h3-5,7-8,15-16,24H,6,9-14H2,1-2H3. The van der Waals surface area contributed by atoms with Crippen LogP contribution >= 0.6 is 11.6 Å². The maximum atomic E-state index is 8.38. The van der Waals surface area contributed by atoms with Gasteiger partial charge in [-0.1, -0.05) is 41.9 Å². The summed E-state index contributed by atoms with van der Waals surface area (Å²) in [7, 11) is 0. The molecule has 1 N–H and O–H groups in total. The molecule has 1 saturated heterocycles. The number of amidine groups is 1. The van der Waals surface area contributed by atoms with Gasteiger partial charge in [0.25, 0.3) is 0 Å². The van der Waals surface area contributed by atoms with Gasteiger partial charge in [0.15, 0.2) is 0 Å². The molecule has 0 spiro atoms. The Labute approximate surface area is 167 Å². The van der Waals surface area contributed by atoms with Crippen molar-refractivity contribution in [1.82, 2.24) is 9.80 Å². The number of nitrogens with zero attached hydrogens (tertiary/aromatic N) is 2. The minimum atomic E-state index is 0.632. The lowest BCUT2D eigenvalue weighted by atomic mass is 10.1. The highest BCUT2D eigenvalue weighted by Gasteiger charge is 2.19. The van der Waals surface area contributed by atoms with Crippen LogP contribution in [0.5, 0.6) is 5.75 Å². The quantitative estimate of drug-likeness (QED) is 0.456. The number of aryl methyl sites for hydroxylation is 2. The molecule has 0 radical (unpaired) electrons. The summed E-state index contributed by atoms with van der Waals surface area (Å²) in [6, 6.07) is 14.0. The van der Waals surface area contributed by atoms with Crippen molar-refractivity contribution in [2.45, 2.75) is 20.3 Å². The van der Waals surface area contributed by atoms with Gasteiger partial charge in [-0.15, -0.1) is 0 Å².